The Kier molecular flexibility index (Phi) is 4.86. The average molecular weight is 373 g/mol. The van der Waals surface area contributed by atoms with Crippen LogP contribution in [0.3, 0.4) is 0 Å². The van der Waals surface area contributed by atoms with Gasteiger partial charge in [-0.1, -0.05) is 19.3 Å². The third-order valence-electron chi connectivity index (χ3n) is 5.76. The number of hydrogen-bond donors (Lipinski definition) is 2. The van der Waals surface area contributed by atoms with Crippen LogP contribution >= 0.6 is 0 Å². The van der Waals surface area contributed by atoms with Crippen molar-refractivity contribution in [3.05, 3.63) is 39.9 Å². The van der Waals surface area contributed by atoms with E-state index < -0.39 is 17.2 Å². The summed E-state index contributed by atoms with van der Waals surface area (Å²) in [5, 5.41) is 12.9. The molecular formula is C20H24FN3O3. The quantitative estimate of drug-likeness (QED) is 0.865. The van der Waals surface area contributed by atoms with Gasteiger partial charge in [0, 0.05) is 43.8 Å². The summed E-state index contributed by atoms with van der Waals surface area (Å²) in [6, 6.07) is 3.10. The molecule has 1 aromatic heterocycles. The second-order valence-corrected chi connectivity index (χ2v) is 7.43. The van der Waals surface area contributed by atoms with E-state index in [0.29, 0.717) is 24.3 Å². The van der Waals surface area contributed by atoms with E-state index in [1.807, 2.05) is 9.47 Å². The lowest BCUT2D eigenvalue weighted by atomic mass is 9.94. The van der Waals surface area contributed by atoms with Crippen LogP contribution in [-0.4, -0.2) is 41.8 Å². The lowest BCUT2D eigenvalue weighted by Crippen LogP contribution is -2.44. The molecule has 4 rings (SSSR count). The van der Waals surface area contributed by atoms with Crippen molar-refractivity contribution in [2.45, 2.75) is 38.1 Å². The molecule has 0 atom stereocenters. The number of carboxylic acid groups (broad SMARTS) is 1. The summed E-state index contributed by atoms with van der Waals surface area (Å²) in [4.78, 5) is 26.2. The molecule has 0 radical (unpaired) electrons. The van der Waals surface area contributed by atoms with Crippen LogP contribution in [0, 0.1) is 5.82 Å². The Balaban J connectivity index is 1.93. The van der Waals surface area contributed by atoms with Gasteiger partial charge in [0.05, 0.1) is 11.2 Å². The highest BCUT2D eigenvalue weighted by Crippen LogP contribution is 2.33. The number of halogens is 1. The standard InChI is InChI=1S/C20H24FN3O3/c21-16-10-14-17(11-18(16)23-8-6-22-7-9-23)24(13-4-2-1-3-5-13)12-15(19(14)25)20(26)27/h10-13,22H,1-9H2,(H,26,27). The van der Waals surface area contributed by atoms with E-state index in [4.69, 9.17) is 0 Å². The van der Waals surface area contributed by atoms with Crippen LogP contribution in [-0.2, 0) is 0 Å². The summed E-state index contributed by atoms with van der Waals surface area (Å²) < 4.78 is 16.7. The van der Waals surface area contributed by atoms with E-state index in [2.05, 4.69) is 5.32 Å². The maximum Gasteiger partial charge on any atom is 0.341 e. The minimum absolute atomic E-state index is 0.140. The zero-order valence-electron chi connectivity index (χ0n) is 15.2. The number of piperazine rings is 1. The highest BCUT2D eigenvalue weighted by Gasteiger charge is 2.23. The number of fused-ring (bicyclic) bond motifs is 1. The van der Waals surface area contributed by atoms with Gasteiger partial charge in [-0.05, 0) is 25.0 Å². The number of carbonyl (C=O) groups is 1. The van der Waals surface area contributed by atoms with Crippen molar-refractivity contribution in [2.75, 3.05) is 31.1 Å². The highest BCUT2D eigenvalue weighted by atomic mass is 19.1. The average Bonchev–Trinajstić information content (AvgIpc) is 2.69. The van der Waals surface area contributed by atoms with Gasteiger partial charge in [-0.2, -0.15) is 0 Å². The van der Waals surface area contributed by atoms with Crippen LogP contribution in [0.5, 0.6) is 0 Å². The molecule has 1 aliphatic carbocycles. The number of pyridine rings is 1. The molecule has 2 aromatic rings. The predicted octanol–water partition coefficient (Wildman–Crippen LogP) is 2.75. The third kappa shape index (κ3) is 3.32. The molecule has 2 fully saturated rings. The number of rotatable bonds is 3. The Labute approximate surface area is 156 Å². The molecule has 144 valence electrons. The van der Waals surface area contributed by atoms with E-state index in [0.717, 1.165) is 38.8 Å². The smallest absolute Gasteiger partial charge is 0.341 e. The van der Waals surface area contributed by atoms with Gasteiger partial charge in [0.2, 0.25) is 5.43 Å². The molecule has 1 saturated carbocycles. The van der Waals surface area contributed by atoms with E-state index >= 15 is 0 Å². The van der Waals surface area contributed by atoms with E-state index in [-0.39, 0.29) is 17.0 Å². The topological polar surface area (TPSA) is 74.6 Å². The molecule has 1 aromatic carbocycles. The first-order valence-corrected chi connectivity index (χ1v) is 9.63. The van der Waals surface area contributed by atoms with Crippen molar-refractivity contribution < 1.29 is 14.3 Å². The van der Waals surface area contributed by atoms with E-state index in [1.165, 1.54) is 18.7 Å². The molecule has 1 saturated heterocycles. The van der Waals surface area contributed by atoms with Gasteiger partial charge in [0.15, 0.2) is 0 Å². The second kappa shape index (κ2) is 7.31. The number of hydrogen-bond acceptors (Lipinski definition) is 4. The van der Waals surface area contributed by atoms with E-state index in [9.17, 15) is 19.1 Å². The van der Waals surface area contributed by atoms with Gasteiger partial charge >= 0.3 is 5.97 Å². The van der Waals surface area contributed by atoms with Gasteiger partial charge in [0.1, 0.15) is 11.4 Å². The highest BCUT2D eigenvalue weighted by molar-refractivity contribution is 5.93. The van der Waals surface area contributed by atoms with Crippen LogP contribution in [0.4, 0.5) is 10.1 Å². The van der Waals surface area contributed by atoms with Crippen LogP contribution < -0.4 is 15.6 Å². The lowest BCUT2D eigenvalue weighted by Gasteiger charge is -2.31. The molecule has 6 nitrogen and oxygen atoms in total. The zero-order chi connectivity index (χ0) is 19.0. The first-order valence-electron chi connectivity index (χ1n) is 9.63. The monoisotopic (exact) mass is 373 g/mol. The van der Waals surface area contributed by atoms with Crippen molar-refractivity contribution >= 4 is 22.6 Å². The van der Waals surface area contributed by atoms with E-state index in [1.54, 1.807) is 6.07 Å². The molecule has 0 unspecified atom stereocenters. The number of benzene rings is 1. The number of aromatic nitrogens is 1. The van der Waals surface area contributed by atoms with Crippen molar-refractivity contribution in [1.82, 2.24) is 9.88 Å². The van der Waals surface area contributed by atoms with Crippen LogP contribution in [0.15, 0.2) is 23.1 Å². The molecule has 2 aliphatic rings. The Morgan fingerprint density at radius 1 is 1.15 bits per heavy atom. The summed E-state index contributed by atoms with van der Waals surface area (Å²) in [6.07, 6.45) is 6.66. The third-order valence-corrected chi connectivity index (χ3v) is 5.76. The van der Waals surface area contributed by atoms with Gasteiger partial charge in [-0.15, -0.1) is 0 Å². The van der Waals surface area contributed by atoms with Gasteiger partial charge in [0.25, 0.3) is 0 Å². The molecule has 2 N–H and O–H groups in total. The Bertz CT molecular complexity index is 928. The Morgan fingerprint density at radius 2 is 1.85 bits per heavy atom. The van der Waals surface area contributed by atoms with Crippen LogP contribution in [0.1, 0.15) is 48.5 Å². The zero-order valence-corrected chi connectivity index (χ0v) is 15.2. The fourth-order valence-corrected chi connectivity index (χ4v) is 4.32. The molecule has 0 bridgehead atoms. The number of nitrogens with zero attached hydrogens (tertiary/aromatic N) is 2. The van der Waals surface area contributed by atoms with Crippen LogP contribution in [0.2, 0.25) is 0 Å². The second-order valence-electron chi connectivity index (χ2n) is 7.43. The molecule has 0 spiro atoms. The molecule has 2 heterocycles. The largest absolute Gasteiger partial charge is 0.477 e. The van der Waals surface area contributed by atoms with Crippen molar-refractivity contribution in [3.8, 4) is 0 Å². The summed E-state index contributed by atoms with van der Waals surface area (Å²) >= 11 is 0. The molecule has 7 heteroatoms. The minimum atomic E-state index is -1.27. The van der Waals surface area contributed by atoms with Crippen molar-refractivity contribution in [3.63, 3.8) is 0 Å². The molecular weight excluding hydrogens is 349 g/mol. The fraction of sp³-hybridized carbons (Fsp3) is 0.500. The SMILES string of the molecule is O=C(O)c1cn(C2CCCCC2)c2cc(N3CCNCC3)c(F)cc2c1=O. The minimum Gasteiger partial charge on any atom is -0.477 e. The van der Waals surface area contributed by atoms with Crippen LogP contribution in [0.25, 0.3) is 10.9 Å². The molecule has 27 heavy (non-hydrogen) atoms. The summed E-state index contributed by atoms with van der Waals surface area (Å²) in [5.74, 6) is -1.74. The summed E-state index contributed by atoms with van der Waals surface area (Å²) in [5.41, 5.74) is 0.209. The van der Waals surface area contributed by atoms with Gasteiger partial charge in [-0.3, -0.25) is 4.79 Å². The van der Waals surface area contributed by atoms with Crippen molar-refractivity contribution in [2.24, 2.45) is 0 Å². The first kappa shape index (κ1) is 18.0. The van der Waals surface area contributed by atoms with Gasteiger partial charge in [-0.25, -0.2) is 9.18 Å². The number of aromatic carboxylic acids is 1. The number of anilines is 1. The first-order chi connectivity index (χ1) is 13.1. The molecule has 0 amide bonds. The molecule has 1 aliphatic heterocycles. The summed E-state index contributed by atoms with van der Waals surface area (Å²) in [6.45, 7) is 2.96. The normalized spacial score (nSPS) is 18.8. The summed E-state index contributed by atoms with van der Waals surface area (Å²) in [7, 11) is 0. The Morgan fingerprint density at radius 3 is 2.52 bits per heavy atom. The predicted molar refractivity (Wildman–Crippen MR) is 102 cm³/mol. The number of nitrogens with one attached hydrogen (secondary N) is 1. The maximum atomic E-state index is 14.8. The lowest BCUT2D eigenvalue weighted by molar-refractivity contribution is 0.0694. The number of carboxylic acids is 1. The van der Waals surface area contributed by atoms with Gasteiger partial charge < -0.3 is 19.9 Å². The maximum absolute atomic E-state index is 14.8. The van der Waals surface area contributed by atoms with Crippen molar-refractivity contribution in [1.29, 1.82) is 0 Å². The fourth-order valence-electron chi connectivity index (χ4n) is 4.32. The Hall–Kier alpha value is -2.41.